The summed E-state index contributed by atoms with van der Waals surface area (Å²) in [4.78, 5) is 11.3. The third kappa shape index (κ3) is 2.52. The highest BCUT2D eigenvalue weighted by atomic mass is 16.3. The van der Waals surface area contributed by atoms with Crippen LogP contribution < -0.4 is 5.32 Å². The Kier molecular flexibility index (Phi) is 3.31. The predicted octanol–water partition coefficient (Wildman–Crippen LogP) is 1.62. The Hall–Kier alpha value is -1.72. The minimum atomic E-state index is 0.227. The molecule has 1 aliphatic rings. The molecule has 0 aromatic carbocycles. The Morgan fingerprint density at radius 2 is 2.26 bits per heavy atom. The van der Waals surface area contributed by atoms with Crippen molar-refractivity contribution in [1.82, 2.24) is 20.2 Å². The number of rotatable bonds is 2. The van der Waals surface area contributed by atoms with Crippen LogP contribution >= 0.6 is 0 Å². The maximum atomic E-state index is 5.62. The summed E-state index contributed by atoms with van der Waals surface area (Å²) >= 11 is 0. The smallest absolute Gasteiger partial charge is 0.152 e. The fraction of sp³-hybridized carbons (Fsp3) is 0.429. The van der Waals surface area contributed by atoms with Crippen LogP contribution in [0.4, 0.5) is 0 Å². The molecule has 3 heterocycles. The van der Waals surface area contributed by atoms with Crippen molar-refractivity contribution < 1.29 is 4.42 Å². The highest BCUT2D eigenvalue weighted by Crippen LogP contribution is 2.22. The fourth-order valence-electron chi connectivity index (χ4n) is 2.34. The normalized spacial score (nSPS) is 20.6. The van der Waals surface area contributed by atoms with E-state index in [1.807, 2.05) is 25.1 Å². The number of nitrogens with zero attached hydrogens (tertiary/aromatic N) is 3. The lowest BCUT2D eigenvalue weighted by atomic mass is 10.2. The topological polar surface area (TPSA) is 54.2 Å². The number of likely N-dealkylation sites (N-methyl/N-ethyl adjacent to an activating group) is 1. The van der Waals surface area contributed by atoms with E-state index in [1.54, 1.807) is 6.20 Å². The number of piperazine rings is 1. The average molecular weight is 258 g/mol. The molecule has 1 saturated heterocycles. The van der Waals surface area contributed by atoms with Gasteiger partial charge in [-0.15, -0.1) is 0 Å². The zero-order valence-electron chi connectivity index (χ0n) is 11.3. The lowest BCUT2D eigenvalue weighted by Crippen LogP contribution is -2.44. The van der Waals surface area contributed by atoms with Crippen LogP contribution in [-0.4, -0.2) is 41.5 Å². The third-order valence-electron chi connectivity index (χ3n) is 3.48. The van der Waals surface area contributed by atoms with Crippen LogP contribution in [0.15, 0.2) is 28.8 Å². The van der Waals surface area contributed by atoms with E-state index >= 15 is 0 Å². The van der Waals surface area contributed by atoms with Gasteiger partial charge in [0, 0.05) is 25.8 Å². The Morgan fingerprint density at radius 3 is 3.00 bits per heavy atom. The first-order valence-electron chi connectivity index (χ1n) is 6.55. The van der Waals surface area contributed by atoms with E-state index in [-0.39, 0.29) is 6.04 Å². The summed E-state index contributed by atoms with van der Waals surface area (Å²) in [6.07, 6.45) is 1.80. The van der Waals surface area contributed by atoms with Gasteiger partial charge in [-0.1, -0.05) is 0 Å². The number of aromatic nitrogens is 2. The van der Waals surface area contributed by atoms with E-state index in [2.05, 4.69) is 27.2 Å². The van der Waals surface area contributed by atoms with Crippen molar-refractivity contribution in [2.45, 2.75) is 13.0 Å². The fourth-order valence-corrected chi connectivity index (χ4v) is 2.34. The average Bonchev–Trinajstić information content (AvgIpc) is 2.86. The Balaban J connectivity index is 1.91. The molecule has 1 fully saturated rings. The zero-order valence-corrected chi connectivity index (χ0v) is 11.3. The van der Waals surface area contributed by atoms with Crippen LogP contribution in [0.25, 0.3) is 11.5 Å². The second-order valence-electron chi connectivity index (χ2n) is 4.91. The van der Waals surface area contributed by atoms with Gasteiger partial charge in [0.1, 0.15) is 17.3 Å². The largest absolute Gasteiger partial charge is 0.460 e. The van der Waals surface area contributed by atoms with E-state index in [0.29, 0.717) is 0 Å². The molecule has 0 radical (unpaired) electrons. The van der Waals surface area contributed by atoms with Gasteiger partial charge in [-0.25, -0.2) is 9.97 Å². The van der Waals surface area contributed by atoms with Gasteiger partial charge in [-0.3, -0.25) is 4.90 Å². The van der Waals surface area contributed by atoms with Crippen LogP contribution in [0.5, 0.6) is 0 Å². The van der Waals surface area contributed by atoms with Crippen molar-refractivity contribution in [3.63, 3.8) is 0 Å². The summed E-state index contributed by atoms with van der Waals surface area (Å²) < 4.78 is 5.62. The highest BCUT2D eigenvalue weighted by molar-refractivity contribution is 5.51. The van der Waals surface area contributed by atoms with Gasteiger partial charge in [0.25, 0.3) is 0 Å². The SMILES string of the molecule is Cc1ccc(-c2ccnc(C3CNCCN3C)n2)o1. The number of nitrogens with one attached hydrogen (secondary N) is 1. The van der Waals surface area contributed by atoms with E-state index < -0.39 is 0 Å². The van der Waals surface area contributed by atoms with Crippen LogP contribution in [0.3, 0.4) is 0 Å². The van der Waals surface area contributed by atoms with Crippen molar-refractivity contribution in [2.24, 2.45) is 0 Å². The number of furan rings is 1. The summed E-state index contributed by atoms with van der Waals surface area (Å²) in [6, 6.07) is 6.01. The predicted molar refractivity (Wildman–Crippen MR) is 72.7 cm³/mol. The number of aryl methyl sites for hydroxylation is 1. The molecule has 1 aliphatic heterocycles. The van der Waals surface area contributed by atoms with Crippen molar-refractivity contribution in [3.8, 4) is 11.5 Å². The molecule has 0 bridgehead atoms. The quantitative estimate of drug-likeness (QED) is 0.887. The van der Waals surface area contributed by atoms with Crippen molar-refractivity contribution in [1.29, 1.82) is 0 Å². The minimum absolute atomic E-state index is 0.227. The molecule has 5 heteroatoms. The summed E-state index contributed by atoms with van der Waals surface area (Å²) in [5.74, 6) is 2.54. The van der Waals surface area contributed by atoms with Gasteiger partial charge in [-0.2, -0.15) is 0 Å². The Bertz CT molecular complexity index is 566. The molecule has 19 heavy (non-hydrogen) atoms. The molecule has 0 spiro atoms. The maximum Gasteiger partial charge on any atom is 0.152 e. The van der Waals surface area contributed by atoms with Crippen LogP contribution in [0, 0.1) is 6.92 Å². The Morgan fingerprint density at radius 1 is 1.37 bits per heavy atom. The molecular weight excluding hydrogens is 240 g/mol. The minimum Gasteiger partial charge on any atom is -0.460 e. The molecule has 100 valence electrons. The summed E-state index contributed by atoms with van der Waals surface area (Å²) in [5.41, 5.74) is 0.845. The summed E-state index contributed by atoms with van der Waals surface area (Å²) in [7, 11) is 2.11. The van der Waals surface area contributed by atoms with Gasteiger partial charge < -0.3 is 9.73 Å². The second-order valence-corrected chi connectivity index (χ2v) is 4.91. The molecule has 2 aromatic rings. The van der Waals surface area contributed by atoms with Gasteiger partial charge in [0.05, 0.1) is 6.04 Å². The molecule has 0 aliphatic carbocycles. The monoisotopic (exact) mass is 258 g/mol. The second kappa shape index (κ2) is 5.11. The molecule has 1 unspecified atom stereocenters. The maximum absolute atomic E-state index is 5.62. The van der Waals surface area contributed by atoms with Crippen molar-refractivity contribution in [3.05, 3.63) is 36.0 Å². The first kappa shape index (κ1) is 12.3. The molecule has 1 N–H and O–H groups in total. The standard InChI is InChI=1S/C14H18N4O/c1-10-3-4-13(19-10)11-5-6-16-14(17-11)12-9-15-7-8-18(12)2/h3-6,12,15H,7-9H2,1-2H3. The van der Waals surface area contributed by atoms with Crippen molar-refractivity contribution in [2.75, 3.05) is 26.7 Å². The molecule has 1 atom stereocenters. The molecule has 0 saturated carbocycles. The van der Waals surface area contributed by atoms with E-state index in [9.17, 15) is 0 Å². The summed E-state index contributed by atoms with van der Waals surface area (Å²) in [6.45, 7) is 4.85. The van der Waals surface area contributed by atoms with Crippen molar-refractivity contribution >= 4 is 0 Å². The van der Waals surface area contributed by atoms with Gasteiger partial charge in [0.15, 0.2) is 5.76 Å². The van der Waals surface area contributed by atoms with E-state index in [0.717, 1.165) is 42.7 Å². The van der Waals surface area contributed by atoms with Gasteiger partial charge >= 0.3 is 0 Å². The highest BCUT2D eigenvalue weighted by Gasteiger charge is 2.23. The molecule has 5 nitrogen and oxygen atoms in total. The third-order valence-corrected chi connectivity index (χ3v) is 3.48. The molecule has 2 aromatic heterocycles. The lowest BCUT2D eigenvalue weighted by molar-refractivity contribution is 0.194. The number of hydrogen-bond donors (Lipinski definition) is 1. The molecule has 0 amide bonds. The summed E-state index contributed by atoms with van der Waals surface area (Å²) in [5, 5.41) is 3.38. The first-order valence-corrected chi connectivity index (χ1v) is 6.55. The van der Waals surface area contributed by atoms with E-state index in [4.69, 9.17) is 4.42 Å². The number of hydrogen-bond acceptors (Lipinski definition) is 5. The first-order chi connectivity index (χ1) is 9.24. The van der Waals surface area contributed by atoms with Crippen LogP contribution in [0.2, 0.25) is 0 Å². The lowest BCUT2D eigenvalue weighted by Gasteiger charge is -2.31. The van der Waals surface area contributed by atoms with E-state index in [1.165, 1.54) is 0 Å². The molecule has 3 rings (SSSR count). The zero-order chi connectivity index (χ0) is 13.2. The van der Waals surface area contributed by atoms with Crippen LogP contribution in [0.1, 0.15) is 17.6 Å². The van der Waals surface area contributed by atoms with Gasteiger partial charge in [0.2, 0.25) is 0 Å². The Labute approximate surface area is 112 Å². The van der Waals surface area contributed by atoms with Crippen LogP contribution in [-0.2, 0) is 0 Å². The van der Waals surface area contributed by atoms with Gasteiger partial charge in [-0.05, 0) is 32.2 Å². The molecular formula is C14H18N4O.